The standard InChI is InChI=1S/C19H22BrNO3/c1-4-21(14(2)15-6-5-7-18(12-15)23-3)19(22)13-24-17-10-8-16(20)9-11-17/h5-12,14H,4,13H2,1-3H3. The first-order valence-corrected chi connectivity index (χ1v) is 8.66. The zero-order chi connectivity index (χ0) is 17.5. The summed E-state index contributed by atoms with van der Waals surface area (Å²) in [6, 6.07) is 15.2. The van der Waals surface area contributed by atoms with Gasteiger partial charge in [-0.05, 0) is 55.8 Å². The lowest BCUT2D eigenvalue weighted by atomic mass is 10.1. The average Bonchev–Trinajstić information content (AvgIpc) is 2.61. The topological polar surface area (TPSA) is 38.8 Å². The van der Waals surface area contributed by atoms with Crippen LogP contribution in [0.15, 0.2) is 53.0 Å². The van der Waals surface area contributed by atoms with Crippen molar-refractivity contribution >= 4 is 21.8 Å². The van der Waals surface area contributed by atoms with Gasteiger partial charge < -0.3 is 14.4 Å². The van der Waals surface area contributed by atoms with Crippen molar-refractivity contribution in [1.29, 1.82) is 0 Å². The SMILES string of the molecule is CCN(C(=O)COc1ccc(Br)cc1)C(C)c1cccc(OC)c1. The first kappa shape index (κ1) is 18.3. The van der Waals surface area contributed by atoms with E-state index in [4.69, 9.17) is 9.47 Å². The van der Waals surface area contributed by atoms with Crippen LogP contribution in [-0.2, 0) is 4.79 Å². The number of nitrogens with zero attached hydrogens (tertiary/aromatic N) is 1. The fourth-order valence-electron chi connectivity index (χ4n) is 2.51. The Balaban J connectivity index is 2.03. The van der Waals surface area contributed by atoms with Gasteiger partial charge >= 0.3 is 0 Å². The highest BCUT2D eigenvalue weighted by Gasteiger charge is 2.20. The third kappa shape index (κ3) is 4.74. The number of carbonyl (C=O) groups is 1. The molecule has 0 saturated heterocycles. The van der Waals surface area contributed by atoms with Gasteiger partial charge in [-0.3, -0.25) is 4.79 Å². The molecule has 0 fully saturated rings. The molecule has 1 unspecified atom stereocenters. The van der Waals surface area contributed by atoms with E-state index in [1.54, 1.807) is 12.0 Å². The predicted octanol–water partition coefficient (Wildman–Crippen LogP) is 4.45. The van der Waals surface area contributed by atoms with Crippen LogP contribution in [0.25, 0.3) is 0 Å². The smallest absolute Gasteiger partial charge is 0.260 e. The molecule has 24 heavy (non-hydrogen) atoms. The quantitative estimate of drug-likeness (QED) is 0.699. The lowest BCUT2D eigenvalue weighted by Crippen LogP contribution is -2.36. The summed E-state index contributed by atoms with van der Waals surface area (Å²) in [6.45, 7) is 4.61. The van der Waals surface area contributed by atoms with Crippen molar-refractivity contribution in [3.05, 3.63) is 58.6 Å². The van der Waals surface area contributed by atoms with Crippen LogP contribution >= 0.6 is 15.9 Å². The molecule has 0 aromatic heterocycles. The van der Waals surface area contributed by atoms with E-state index >= 15 is 0 Å². The number of hydrogen-bond donors (Lipinski definition) is 0. The zero-order valence-electron chi connectivity index (χ0n) is 14.2. The third-order valence-corrected chi connectivity index (χ3v) is 4.41. The number of hydrogen-bond acceptors (Lipinski definition) is 3. The summed E-state index contributed by atoms with van der Waals surface area (Å²) < 4.78 is 11.8. The zero-order valence-corrected chi connectivity index (χ0v) is 15.7. The second-order valence-corrected chi connectivity index (χ2v) is 6.29. The van der Waals surface area contributed by atoms with Gasteiger partial charge in [-0.2, -0.15) is 0 Å². The molecule has 0 N–H and O–H groups in total. The van der Waals surface area contributed by atoms with E-state index in [0.29, 0.717) is 12.3 Å². The van der Waals surface area contributed by atoms with Crippen LogP contribution in [0.5, 0.6) is 11.5 Å². The van der Waals surface area contributed by atoms with E-state index in [1.807, 2.05) is 62.4 Å². The van der Waals surface area contributed by atoms with Gasteiger partial charge in [0.15, 0.2) is 6.61 Å². The molecule has 1 amide bonds. The van der Waals surface area contributed by atoms with E-state index in [-0.39, 0.29) is 18.6 Å². The molecule has 2 aromatic rings. The maximum atomic E-state index is 12.5. The molecule has 1 atom stereocenters. The minimum absolute atomic E-state index is 0.0176. The summed E-state index contributed by atoms with van der Waals surface area (Å²) in [5, 5.41) is 0. The van der Waals surface area contributed by atoms with Gasteiger partial charge in [0.1, 0.15) is 11.5 Å². The molecule has 5 heteroatoms. The molecular weight excluding hydrogens is 370 g/mol. The molecule has 0 bridgehead atoms. The summed E-state index contributed by atoms with van der Waals surface area (Å²) in [7, 11) is 1.64. The number of halogens is 1. The summed E-state index contributed by atoms with van der Waals surface area (Å²) in [5.74, 6) is 1.42. The Morgan fingerprint density at radius 2 is 1.88 bits per heavy atom. The van der Waals surface area contributed by atoms with Crippen LogP contribution < -0.4 is 9.47 Å². The molecule has 0 heterocycles. The Bertz CT molecular complexity index is 673. The molecule has 2 rings (SSSR count). The van der Waals surface area contributed by atoms with Gasteiger partial charge in [0.2, 0.25) is 0 Å². The lowest BCUT2D eigenvalue weighted by molar-refractivity contribution is -0.135. The molecule has 4 nitrogen and oxygen atoms in total. The van der Waals surface area contributed by atoms with Gasteiger partial charge in [0.25, 0.3) is 5.91 Å². The normalized spacial score (nSPS) is 11.7. The Morgan fingerprint density at radius 3 is 2.50 bits per heavy atom. The first-order chi connectivity index (χ1) is 11.5. The van der Waals surface area contributed by atoms with Crippen molar-refractivity contribution in [3.63, 3.8) is 0 Å². The van der Waals surface area contributed by atoms with Crippen molar-refractivity contribution < 1.29 is 14.3 Å². The predicted molar refractivity (Wildman–Crippen MR) is 98.4 cm³/mol. The highest BCUT2D eigenvalue weighted by molar-refractivity contribution is 9.10. The highest BCUT2D eigenvalue weighted by atomic mass is 79.9. The van der Waals surface area contributed by atoms with E-state index in [2.05, 4.69) is 15.9 Å². The van der Waals surface area contributed by atoms with Crippen molar-refractivity contribution in [2.75, 3.05) is 20.3 Å². The largest absolute Gasteiger partial charge is 0.497 e. The van der Waals surface area contributed by atoms with E-state index < -0.39 is 0 Å². The minimum atomic E-state index is -0.0499. The van der Waals surface area contributed by atoms with Crippen molar-refractivity contribution in [2.45, 2.75) is 19.9 Å². The second kappa shape index (κ2) is 8.73. The van der Waals surface area contributed by atoms with Crippen LogP contribution in [0.4, 0.5) is 0 Å². The average molecular weight is 392 g/mol. The molecule has 0 aliphatic carbocycles. The first-order valence-electron chi connectivity index (χ1n) is 7.87. The van der Waals surface area contributed by atoms with Gasteiger partial charge in [-0.25, -0.2) is 0 Å². The van der Waals surface area contributed by atoms with Gasteiger partial charge in [0.05, 0.1) is 13.2 Å². The molecule has 0 spiro atoms. The molecule has 0 radical (unpaired) electrons. The van der Waals surface area contributed by atoms with Gasteiger partial charge in [-0.1, -0.05) is 28.1 Å². The van der Waals surface area contributed by atoms with Gasteiger partial charge in [0, 0.05) is 11.0 Å². The van der Waals surface area contributed by atoms with Crippen molar-refractivity contribution in [3.8, 4) is 11.5 Å². The number of benzene rings is 2. The Kier molecular flexibility index (Phi) is 6.67. The molecule has 0 aliphatic heterocycles. The Hall–Kier alpha value is -2.01. The molecule has 2 aromatic carbocycles. The van der Waals surface area contributed by atoms with Crippen molar-refractivity contribution in [2.24, 2.45) is 0 Å². The van der Waals surface area contributed by atoms with Crippen LogP contribution in [0.1, 0.15) is 25.5 Å². The highest BCUT2D eigenvalue weighted by Crippen LogP contribution is 2.24. The van der Waals surface area contributed by atoms with E-state index in [1.165, 1.54) is 0 Å². The lowest BCUT2D eigenvalue weighted by Gasteiger charge is -2.28. The Morgan fingerprint density at radius 1 is 1.17 bits per heavy atom. The summed E-state index contributed by atoms with van der Waals surface area (Å²) in [4.78, 5) is 14.3. The monoisotopic (exact) mass is 391 g/mol. The molecule has 0 aliphatic rings. The second-order valence-electron chi connectivity index (χ2n) is 5.37. The maximum Gasteiger partial charge on any atom is 0.260 e. The van der Waals surface area contributed by atoms with Gasteiger partial charge in [-0.15, -0.1) is 0 Å². The van der Waals surface area contributed by atoms with E-state index in [0.717, 1.165) is 15.8 Å². The fourth-order valence-corrected chi connectivity index (χ4v) is 2.77. The minimum Gasteiger partial charge on any atom is -0.497 e. The number of amides is 1. The summed E-state index contributed by atoms with van der Waals surface area (Å²) >= 11 is 3.38. The van der Waals surface area contributed by atoms with Crippen LogP contribution in [0.3, 0.4) is 0 Å². The van der Waals surface area contributed by atoms with Crippen molar-refractivity contribution in [1.82, 2.24) is 4.90 Å². The molecule has 128 valence electrons. The van der Waals surface area contributed by atoms with Crippen LogP contribution in [0, 0.1) is 0 Å². The number of methoxy groups -OCH3 is 1. The van der Waals surface area contributed by atoms with Crippen LogP contribution in [0.2, 0.25) is 0 Å². The fraction of sp³-hybridized carbons (Fsp3) is 0.316. The third-order valence-electron chi connectivity index (χ3n) is 3.88. The number of ether oxygens (including phenoxy) is 2. The maximum absolute atomic E-state index is 12.5. The van der Waals surface area contributed by atoms with Crippen LogP contribution in [-0.4, -0.2) is 31.1 Å². The summed E-state index contributed by atoms with van der Waals surface area (Å²) in [6.07, 6.45) is 0. The summed E-state index contributed by atoms with van der Waals surface area (Å²) in [5.41, 5.74) is 1.04. The van der Waals surface area contributed by atoms with E-state index in [9.17, 15) is 4.79 Å². The molecule has 0 saturated carbocycles. The Labute approximate surface area is 151 Å². The number of likely N-dealkylation sites (N-methyl/N-ethyl adjacent to an activating group) is 1. The number of carbonyl (C=O) groups excluding carboxylic acids is 1. The molecular formula is C19H22BrNO3. The number of rotatable bonds is 7.